The van der Waals surface area contributed by atoms with Gasteiger partial charge in [0, 0.05) is 19.1 Å². The average molecular weight is 313 g/mol. The van der Waals surface area contributed by atoms with Gasteiger partial charge in [-0.25, -0.2) is 0 Å². The van der Waals surface area contributed by atoms with E-state index in [2.05, 4.69) is 13.8 Å². The molecule has 1 aromatic rings. The van der Waals surface area contributed by atoms with Gasteiger partial charge >= 0.3 is 0 Å². The minimum absolute atomic E-state index is 0. The number of ether oxygens (including phenoxy) is 1. The molecule has 1 fully saturated rings. The van der Waals surface area contributed by atoms with Gasteiger partial charge in [0.1, 0.15) is 5.75 Å². The van der Waals surface area contributed by atoms with E-state index in [1.54, 1.807) is 0 Å². The Balaban J connectivity index is 0.00000220. The summed E-state index contributed by atoms with van der Waals surface area (Å²) < 4.78 is 5.66. The highest BCUT2D eigenvalue weighted by atomic mass is 35.5. The van der Waals surface area contributed by atoms with Crippen LogP contribution in [0.3, 0.4) is 0 Å². The highest BCUT2D eigenvalue weighted by molar-refractivity contribution is 5.85. The summed E-state index contributed by atoms with van der Waals surface area (Å²) in [5.41, 5.74) is 8.14. The van der Waals surface area contributed by atoms with Crippen molar-refractivity contribution in [3.05, 3.63) is 29.3 Å². The Kier molecular flexibility index (Phi) is 6.99. The van der Waals surface area contributed by atoms with E-state index in [-0.39, 0.29) is 24.4 Å². The molecule has 1 atom stereocenters. The van der Waals surface area contributed by atoms with Gasteiger partial charge in [-0.1, -0.05) is 6.07 Å². The summed E-state index contributed by atoms with van der Waals surface area (Å²) in [7, 11) is 0. The second-order valence-electron chi connectivity index (χ2n) is 5.46. The molecule has 4 nitrogen and oxygen atoms in total. The molecule has 21 heavy (non-hydrogen) atoms. The van der Waals surface area contributed by atoms with E-state index in [1.165, 1.54) is 11.1 Å². The van der Waals surface area contributed by atoms with Crippen LogP contribution in [0.4, 0.5) is 0 Å². The average Bonchev–Trinajstić information content (AvgIpc) is 2.91. The van der Waals surface area contributed by atoms with E-state index in [0.29, 0.717) is 19.6 Å². The molecular formula is C16H25ClN2O2. The van der Waals surface area contributed by atoms with E-state index in [9.17, 15) is 4.79 Å². The van der Waals surface area contributed by atoms with Crippen molar-refractivity contribution in [2.75, 3.05) is 19.7 Å². The van der Waals surface area contributed by atoms with E-state index in [4.69, 9.17) is 10.5 Å². The van der Waals surface area contributed by atoms with Crippen LogP contribution in [-0.2, 0) is 4.79 Å². The maximum Gasteiger partial charge on any atom is 0.226 e. The fraction of sp³-hybridized carbons (Fsp3) is 0.562. The van der Waals surface area contributed by atoms with Gasteiger partial charge in [0.25, 0.3) is 0 Å². The van der Waals surface area contributed by atoms with Crippen molar-refractivity contribution in [2.24, 2.45) is 5.73 Å². The van der Waals surface area contributed by atoms with E-state index in [0.717, 1.165) is 25.1 Å². The number of carbonyl (C=O) groups excluding carboxylic acids is 1. The van der Waals surface area contributed by atoms with Gasteiger partial charge in [-0.05, 0) is 49.9 Å². The van der Waals surface area contributed by atoms with Crippen LogP contribution in [0.1, 0.15) is 30.4 Å². The zero-order valence-corrected chi connectivity index (χ0v) is 13.6. The molecule has 1 aliphatic rings. The smallest absolute Gasteiger partial charge is 0.226 e. The lowest BCUT2D eigenvalue weighted by Crippen LogP contribution is -2.40. The first kappa shape index (κ1) is 17.8. The molecule has 0 saturated carbocycles. The molecule has 0 radical (unpaired) electrons. The molecule has 1 unspecified atom stereocenters. The van der Waals surface area contributed by atoms with Gasteiger partial charge in [0.2, 0.25) is 5.91 Å². The lowest BCUT2D eigenvalue weighted by atomic mass is 10.1. The summed E-state index contributed by atoms with van der Waals surface area (Å²) in [5, 5.41) is 0. The van der Waals surface area contributed by atoms with Crippen LogP contribution in [0.15, 0.2) is 18.2 Å². The standard InChI is InChI=1S/C16H24N2O2.ClH/c1-12-5-6-15(10-13(12)2)20-9-7-16(19)18-8-3-4-14(18)11-17;/h5-6,10,14H,3-4,7-9,11,17H2,1-2H3;1H. The SMILES string of the molecule is Cc1ccc(OCCC(=O)N2CCCC2CN)cc1C.Cl. The van der Waals surface area contributed by atoms with Crippen LogP contribution in [0, 0.1) is 13.8 Å². The fourth-order valence-corrected chi connectivity index (χ4v) is 2.61. The third-order valence-corrected chi connectivity index (χ3v) is 4.03. The van der Waals surface area contributed by atoms with Crippen LogP contribution in [-0.4, -0.2) is 36.5 Å². The number of nitrogens with two attached hydrogens (primary N) is 1. The number of carbonyl (C=O) groups is 1. The summed E-state index contributed by atoms with van der Waals surface area (Å²) in [6.07, 6.45) is 2.51. The number of nitrogens with zero attached hydrogens (tertiary/aromatic N) is 1. The maximum atomic E-state index is 12.1. The Morgan fingerprint density at radius 3 is 2.81 bits per heavy atom. The van der Waals surface area contributed by atoms with Gasteiger partial charge in [-0.2, -0.15) is 0 Å². The normalized spacial score (nSPS) is 17.5. The van der Waals surface area contributed by atoms with Crippen molar-refractivity contribution >= 4 is 18.3 Å². The van der Waals surface area contributed by atoms with Crippen molar-refractivity contribution in [3.63, 3.8) is 0 Å². The first-order valence-electron chi connectivity index (χ1n) is 7.31. The Morgan fingerprint density at radius 2 is 2.14 bits per heavy atom. The maximum absolute atomic E-state index is 12.1. The van der Waals surface area contributed by atoms with Crippen LogP contribution < -0.4 is 10.5 Å². The van der Waals surface area contributed by atoms with Crippen LogP contribution in [0.25, 0.3) is 0 Å². The minimum Gasteiger partial charge on any atom is -0.493 e. The lowest BCUT2D eigenvalue weighted by molar-refractivity contribution is -0.132. The molecule has 1 aromatic carbocycles. The molecule has 0 aromatic heterocycles. The quantitative estimate of drug-likeness (QED) is 0.908. The third kappa shape index (κ3) is 4.61. The summed E-state index contributed by atoms with van der Waals surface area (Å²) in [4.78, 5) is 14.0. The Hall–Kier alpha value is -1.26. The van der Waals surface area contributed by atoms with Crippen LogP contribution >= 0.6 is 12.4 Å². The molecule has 0 spiro atoms. The summed E-state index contributed by atoms with van der Waals surface area (Å²) >= 11 is 0. The highest BCUT2D eigenvalue weighted by Gasteiger charge is 2.26. The second kappa shape index (κ2) is 8.25. The van der Waals surface area contributed by atoms with Gasteiger partial charge < -0.3 is 15.4 Å². The molecule has 2 N–H and O–H groups in total. The third-order valence-electron chi connectivity index (χ3n) is 4.03. The summed E-state index contributed by atoms with van der Waals surface area (Å²) in [6.45, 7) is 5.95. The monoisotopic (exact) mass is 312 g/mol. The number of halogens is 1. The van der Waals surface area contributed by atoms with E-state index >= 15 is 0 Å². The number of hydrogen-bond acceptors (Lipinski definition) is 3. The topological polar surface area (TPSA) is 55.6 Å². The number of amides is 1. The predicted molar refractivity (Wildman–Crippen MR) is 87.1 cm³/mol. The zero-order chi connectivity index (χ0) is 14.5. The van der Waals surface area contributed by atoms with Crippen LogP contribution in [0.2, 0.25) is 0 Å². The molecule has 5 heteroatoms. The first-order chi connectivity index (χ1) is 9.61. The minimum atomic E-state index is 0. The van der Waals surface area contributed by atoms with Crippen molar-refractivity contribution in [1.29, 1.82) is 0 Å². The predicted octanol–water partition coefficient (Wildman–Crippen LogP) is 2.44. The molecule has 1 heterocycles. The van der Waals surface area contributed by atoms with Gasteiger partial charge in [-0.15, -0.1) is 12.4 Å². The number of rotatable bonds is 5. The molecule has 1 aliphatic heterocycles. The second-order valence-corrected chi connectivity index (χ2v) is 5.46. The van der Waals surface area contributed by atoms with Crippen molar-refractivity contribution in [3.8, 4) is 5.75 Å². The number of hydrogen-bond donors (Lipinski definition) is 1. The highest BCUT2D eigenvalue weighted by Crippen LogP contribution is 2.19. The molecule has 0 bridgehead atoms. The largest absolute Gasteiger partial charge is 0.493 e. The van der Waals surface area contributed by atoms with E-state index in [1.807, 2.05) is 23.1 Å². The molecule has 1 saturated heterocycles. The Bertz CT molecular complexity index is 479. The Labute approximate surface area is 133 Å². The zero-order valence-electron chi connectivity index (χ0n) is 12.8. The number of benzene rings is 1. The van der Waals surface area contributed by atoms with Gasteiger partial charge in [0.15, 0.2) is 0 Å². The number of aryl methyl sites for hydroxylation is 2. The van der Waals surface area contributed by atoms with Crippen LogP contribution in [0.5, 0.6) is 5.75 Å². The van der Waals surface area contributed by atoms with Gasteiger partial charge in [-0.3, -0.25) is 4.79 Å². The Morgan fingerprint density at radius 1 is 1.38 bits per heavy atom. The molecular weight excluding hydrogens is 288 g/mol. The fourth-order valence-electron chi connectivity index (χ4n) is 2.61. The van der Waals surface area contributed by atoms with Crippen molar-refractivity contribution in [1.82, 2.24) is 4.90 Å². The molecule has 0 aliphatic carbocycles. The first-order valence-corrected chi connectivity index (χ1v) is 7.31. The molecule has 2 rings (SSSR count). The van der Waals surface area contributed by atoms with Gasteiger partial charge in [0.05, 0.1) is 13.0 Å². The molecule has 118 valence electrons. The summed E-state index contributed by atoms with van der Waals surface area (Å²) in [6, 6.07) is 6.23. The summed E-state index contributed by atoms with van der Waals surface area (Å²) in [5.74, 6) is 0.986. The lowest BCUT2D eigenvalue weighted by Gasteiger charge is -2.23. The van der Waals surface area contributed by atoms with Crippen molar-refractivity contribution in [2.45, 2.75) is 39.2 Å². The van der Waals surface area contributed by atoms with Crippen molar-refractivity contribution < 1.29 is 9.53 Å². The molecule has 1 amide bonds. The number of likely N-dealkylation sites (tertiary alicyclic amines) is 1. The van der Waals surface area contributed by atoms with E-state index < -0.39 is 0 Å².